The normalized spacial score (nSPS) is 48.6. The first-order valence-corrected chi connectivity index (χ1v) is 12.2. The van der Waals surface area contributed by atoms with Crippen LogP contribution in [0.5, 0.6) is 0 Å². The van der Waals surface area contributed by atoms with Crippen molar-refractivity contribution in [2.24, 2.45) is 28.6 Å². The van der Waals surface area contributed by atoms with E-state index in [-0.39, 0.29) is 38.5 Å². The molecule has 7 atom stereocenters. The smallest absolute Gasteiger partial charge is 0.306 e. The van der Waals surface area contributed by atoms with E-state index < -0.39 is 0 Å². The molecule has 0 aromatic heterocycles. The molecule has 0 amide bonds. The van der Waals surface area contributed by atoms with Gasteiger partial charge in [0.1, 0.15) is 5.60 Å². The van der Waals surface area contributed by atoms with Crippen LogP contribution in [0.1, 0.15) is 78.6 Å². The van der Waals surface area contributed by atoms with Crippen molar-refractivity contribution in [2.75, 3.05) is 0 Å². The zero-order valence-electron chi connectivity index (χ0n) is 17.8. The topological polar surface area (TPSA) is 60.4 Å². The van der Waals surface area contributed by atoms with Gasteiger partial charge in [0.15, 0.2) is 10.9 Å². The van der Waals surface area contributed by atoms with E-state index in [2.05, 4.69) is 13.8 Å². The number of rotatable bonds is 1. The lowest BCUT2D eigenvalue weighted by molar-refractivity contribution is -0.167. The highest BCUT2D eigenvalue weighted by atomic mass is 32.2. The van der Waals surface area contributed by atoms with Gasteiger partial charge in [0.2, 0.25) is 0 Å². The largest absolute Gasteiger partial charge is 0.458 e. The summed E-state index contributed by atoms with van der Waals surface area (Å²) in [6.07, 6.45) is 10.0. The third-order valence-electron chi connectivity index (χ3n) is 9.61. The van der Waals surface area contributed by atoms with Crippen LogP contribution in [-0.2, 0) is 19.1 Å². The minimum absolute atomic E-state index is 0.0119. The van der Waals surface area contributed by atoms with Gasteiger partial charge < -0.3 is 4.74 Å². The predicted octanol–water partition coefficient (Wildman–Crippen LogP) is 4.85. The second-order valence-electron chi connectivity index (χ2n) is 10.7. The molecule has 0 aromatic rings. The first kappa shape index (κ1) is 19.8. The number of thioether (sulfide) groups is 1. The van der Waals surface area contributed by atoms with Crippen molar-refractivity contribution in [1.82, 2.24) is 0 Å². The molecule has 4 nitrogen and oxygen atoms in total. The monoisotopic (exact) mass is 416 g/mol. The van der Waals surface area contributed by atoms with Gasteiger partial charge in [-0.15, -0.1) is 0 Å². The Morgan fingerprint density at radius 3 is 2.52 bits per heavy atom. The Labute approximate surface area is 177 Å². The van der Waals surface area contributed by atoms with Gasteiger partial charge >= 0.3 is 5.97 Å². The summed E-state index contributed by atoms with van der Waals surface area (Å²) in [5.74, 6) is 1.67. The van der Waals surface area contributed by atoms with Crippen LogP contribution in [0.2, 0.25) is 0 Å². The second-order valence-corrected chi connectivity index (χ2v) is 12.1. The summed E-state index contributed by atoms with van der Waals surface area (Å²) < 4.78 is 6.06. The molecule has 5 rings (SSSR count). The fraction of sp³-hybridized carbons (Fsp3) is 0.792. The quantitative estimate of drug-likeness (QED) is 0.572. The molecule has 0 radical (unpaired) electrons. The molecule has 158 valence electrons. The zero-order chi connectivity index (χ0) is 20.6. The van der Waals surface area contributed by atoms with Gasteiger partial charge in [-0.05, 0) is 74.2 Å². The Hall–Kier alpha value is -1.10. The second kappa shape index (κ2) is 6.45. The Morgan fingerprint density at radius 2 is 1.83 bits per heavy atom. The van der Waals surface area contributed by atoms with Crippen LogP contribution in [0.3, 0.4) is 0 Å². The number of carbonyl (C=O) groups excluding carboxylic acids is 3. The van der Waals surface area contributed by atoms with Crippen LogP contribution in [0.4, 0.5) is 0 Å². The maximum atomic E-state index is 12.2. The summed E-state index contributed by atoms with van der Waals surface area (Å²) in [5.41, 5.74) is 1.09. The summed E-state index contributed by atoms with van der Waals surface area (Å²) in [4.78, 5) is 36.4. The van der Waals surface area contributed by atoms with Gasteiger partial charge in [-0.2, -0.15) is 0 Å². The first-order valence-electron chi connectivity index (χ1n) is 11.3. The van der Waals surface area contributed by atoms with Gasteiger partial charge in [-0.3, -0.25) is 14.4 Å². The molecule has 3 saturated carbocycles. The summed E-state index contributed by atoms with van der Waals surface area (Å²) >= 11 is 1.50. The molecule has 0 bridgehead atoms. The summed E-state index contributed by atoms with van der Waals surface area (Å²) in [6.45, 7) is 6.42. The van der Waals surface area contributed by atoms with Crippen molar-refractivity contribution >= 4 is 28.6 Å². The van der Waals surface area contributed by atoms with Crippen LogP contribution >= 0.6 is 11.8 Å². The molecule has 4 fully saturated rings. The minimum atomic E-state index is -0.287. The van der Waals surface area contributed by atoms with Gasteiger partial charge in [0, 0.05) is 30.4 Å². The van der Waals surface area contributed by atoms with Gasteiger partial charge in [-0.1, -0.05) is 31.2 Å². The number of ether oxygens (including phenoxy) is 1. The fourth-order valence-electron chi connectivity index (χ4n) is 8.13. The molecule has 5 heteroatoms. The fourth-order valence-corrected chi connectivity index (χ4v) is 9.36. The average molecular weight is 417 g/mol. The third-order valence-corrected chi connectivity index (χ3v) is 10.7. The SMILES string of the molecule is CC(=O)S[C@@H]1CC2=CC(=O)CC[C@]2(C)[C@@H]2CC[C@]3(C)[C@H](CC[C@@]34CCC(=O)O4)[C@H]21. The molecule has 0 N–H and O–H groups in total. The third kappa shape index (κ3) is 2.68. The number of ketones is 1. The zero-order valence-corrected chi connectivity index (χ0v) is 18.6. The number of hydrogen-bond donors (Lipinski definition) is 0. The van der Waals surface area contributed by atoms with Crippen LogP contribution < -0.4 is 0 Å². The summed E-state index contributed by atoms with van der Waals surface area (Å²) in [5, 5.41) is 0.409. The number of esters is 1. The Balaban J connectivity index is 1.56. The van der Waals surface area contributed by atoms with Crippen molar-refractivity contribution in [3.8, 4) is 0 Å². The van der Waals surface area contributed by atoms with Crippen LogP contribution in [0, 0.1) is 28.6 Å². The van der Waals surface area contributed by atoms with Crippen molar-refractivity contribution in [3.05, 3.63) is 11.6 Å². The van der Waals surface area contributed by atoms with E-state index in [0.29, 0.717) is 30.6 Å². The van der Waals surface area contributed by atoms with Crippen LogP contribution in [0.15, 0.2) is 11.6 Å². The van der Waals surface area contributed by atoms with E-state index in [1.54, 1.807) is 6.92 Å². The highest BCUT2D eigenvalue weighted by Crippen LogP contribution is 2.70. The van der Waals surface area contributed by atoms with E-state index in [9.17, 15) is 14.4 Å². The maximum Gasteiger partial charge on any atom is 0.306 e. The number of carbonyl (C=O) groups is 3. The standard InChI is InChI=1S/C24H32O4S/c1-14(25)29-19-13-15-12-16(26)4-8-22(15,2)17-5-9-23(3)18(21(17)19)6-10-24(23)11-7-20(27)28-24/h12,17-19,21H,4-11,13H2,1-3H3/t17-,18-,19-,21+,22+,23-,24-/m1/s1. The van der Waals surface area contributed by atoms with Gasteiger partial charge in [-0.25, -0.2) is 0 Å². The molecule has 1 heterocycles. The maximum absolute atomic E-state index is 12.2. The lowest BCUT2D eigenvalue weighted by Crippen LogP contribution is -2.57. The van der Waals surface area contributed by atoms with Gasteiger partial charge in [0.05, 0.1) is 0 Å². The number of hydrogen-bond acceptors (Lipinski definition) is 5. The van der Waals surface area contributed by atoms with Crippen molar-refractivity contribution in [1.29, 1.82) is 0 Å². The lowest BCUT2D eigenvalue weighted by atomic mass is 9.46. The molecule has 5 aliphatic rings. The summed E-state index contributed by atoms with van der Waals surface area (Å²) in [7, 11) is 0. The van der Waals surface area contributed by atoms with E-state index >= 15 is 0 Å². The van der Waals surface area contributed by atoms with Crippen LogP contribution in [0.25, 0.3) is 0 Å². The predicted molar refractivity (Wildman–Crippen MR) is 112 cm³/mol. The molecular weight excluding hydrogens is 384 g/mol. The van der Waals surface area contributed by atoms with E-state index in [1.807, 2.05) is 6.08 Å². The van der Waals surface area contributed by atoms with Crippen molar-refractivity contribution in [3.63, 3.8) is 0 Å². The highest BCUT2D eigenvalue weighted by molar-refractivity contribution is 8.14. The van der Waals surface area contributed by atoms with Crippen molar-refractivity contribution < 1.29 is 19.1 Å². The lowest BCUT2D eigenvalue weighted by Gasteiger charge is -2.61. The molecular formula is C24H32O4S. The molecule has 1 spiro atoms. The Bertz CT molecular complexity index is 818. The molecule has 4 aliphatic carbocycles. The van der Waals surface area contributed by atoms with Crippen molar-refractivity contribution in [2.45, 2.75) is 89.4 Å². The Morgan fingerprint density at radius 1 is 1.07 bits per heavy atom. The molecule has 1 saturated heterocycles. The van der Waals surface area contributed by atoms with E-state index in [0.717, 1.165) is 44.9 Å². The molecule has 0 unspecified atom stereocenters. The molecule has 29 heavy (non-hydrogen) atoms. The minimum Gasteiger partial charge on any atom is -0.458 e. The number of allylic oxidation sites excluding steroid dienone is 1. The summed E-state index contributed by atoms with van der Waals surface area (Å²) in [6, 6.07) is 0. The molecule has 1 aliphatic heterocycles. The van der Waals surface area contributed by atoms with Gasteiger partial charge in [0.25, 0.3) is 0 Å². The van der Waals surface area contributed by atoms with E-state index in [1.165, 1.54) is 17.3 Å². The first-order chi connectivity index (χ1) is 13.7. The van der Waals surface area contributed by atoms with Crippen LogP contribution in [-0.4, -0.2) is 27.7 Å². The molecule has 0 aromatic carbocycles. The Kier molecular flexibility index (Phi) is 4.41. The average Bonchev–Trinajstić information content (AvgIpc) is 3.17. The highest BCUT2D eigenvalue weighted by Gasteiger charge is 2.68. The number of fused-ring (bicyclic) bond motifs is 6. The van der Waals surface area contributed by atoms with E-state index in [4.69, 9.17) is 4.74 Å².